The maximum absolute atomic E-state index is 13.0. The average molecular weight is 429 g/mol. The van der Waals surface area contributed by atoms with Crippen molar-refractivity contribution in [1.82, 2.24) is 10.2 Å². The van der Waals surface area contributed by atoms with Crippen molar-refractivity contribution in [1.29, 1.82) is 0 Å². The predicted molar refractivity (Wildman–Crippen MR) is 110 cm³/mol. The Hall–Kier alpha value is -3.07. The van der Waals surface area contributed by atoms with Gasteiger partial charge in [-0.1, -0.05) is 25.3 Å². The summed E-state index contributed by atoms with van der Waals surface area (Å²) >= 11 is 0. The van der Waals surface area contributed by atoms with Crippen LogP contribution >= 0.6 is 0 Å². The molecule has 9 nitrogen and oxygen atoms in total. The van der Waals surface area contributed by atoms with Crippen LogP contribution in [0.15, 0.2) is 18.2 Å². The van der Waals surface area contributed by atoms with Gasteiger partial charge >= 0.3 is 0 Å². The number of unbranched alkanes of at least 4 members (excludes halogenated alkanes) is 4. The second kappa shape index (κ2) is 10.3. The van der Waals surface area contributed by atoms with Crippen LogP contribution in [0.4, 0.5) is 0 Å². The number of amides is 4. The molecule has 1 unspecified atom stereocenters. The molecule has 4 amide bonds. The van der Waals surface area contributed by atoms with Crippen molar-refractivity contribution in [3.8, 4) is 5.75 Å². The largest absolute Gasteiger partial charge is 0.485 e. The standard InChI is InChI=1S/C22H27N3O6/c23-12-5-3-1-2-4-7-14(26)13-31-17-9-6-8-15-19(17)22(30)25(21(15)29)16-10-11-18(27)24-20(16)28/h6,8-9,16H,1-5,7,10-13,23H2,(H,24,27,28). The normalized spacial score (nSPS) is 18.2. The maximum atomic E-state index is 13.0. The monoisotopic (exact) mass is 429 g/mol. The first-order valence-corrected chi connectivity index (χ1v) is 10.6. The van der Waals surface area contributed by atoms with Crippen LogP contribution in [-0.4, -0.2) is 53.5 Å². The van der Waals surface area contributed by atoms with E-state index in [0.717, 1.165) is 37.0 Å². The zero-order valence-electron chi connectivity index (χ0n) is 17.4. The number of ketones is 1. The number of rotatable bonds is 11. The zero-order chi connectivity index (χ0) is 22.4. The molecule has 9 heteroatoms. The molecule has 1 saturated heterocycles. The molecular weight excluding hydrogens is 402 g/mol. The fraction of sp³-hybridized carbons (Fsp3) is 0.500. The van der Waals surface area contributed by atoms with Crippen molar-refractivity contribution in [3.05, 3.63) is 29.3 Å². The molecule has 0 radical (unpaired) electrons. The van der Waals surface area contributed by atoms with E-state index in [-0.39, 0.29) is 42.1 Å². The van der Waals surface area contributed by atoms with Crippen LogP contribution in [0.5, 0.6) is 5.75 Å². The Morgan fingerprint density at radius 3 is 2.55 bits per heavy atom. The Kier molecular flexibility index (Phi) is 7.51. The van der Waals surface area contributed by atoms with E-state index in [0.29, 0.717) is 13.0 Å². The molecule has 0 aliphatic carbocycles. The van der Waals surface area contributed by atoms with Gasteiger partial charge in [0.05, 0.1) is 11.1 Å². The molecule has 31 heavy (non-hydrogen) atoms. The zero-order valence-corrected chi connectivity index (χ0v) is 17.4. The SMILES string of the molecule is NCCCCCCCC(=O)COc1cccc2c1C(=O)N(C1CCC(=O)NC1=O)C2=O. The van der Waals surface area contributed by atoms with Crippen molar-refractivity contribution >= 4 is 29.4 Å². The summed E-state index contributed by atoms with van der Waals surface area (Å²) < 4.78 is 5.58. The van der Waals surface area contributed by atoms with Crippen LogP contribution in [0.1, 0.15) is 72.1 Å². The van der Waals surface area contributed by atoms with Crippen LogP contribution < -0.4 is 15.8 Å². The summed E-state index contributed by atoms with van der Waals surface area (Å²) in [5, 5.41) is 2.16. The van der Waals surface area contributed by atoms with E-state index in [4.69, 9.17) is 10.5 Å². The van der Waals surface area contributed by atoms with Crippen LogP contribution in [0.3, 0.4) is 0 Å². The van der Waals surface area contributed by atoms with Crippen LogP contribution in [0.25, 0.3) is 0 Å². The number of Topliss-reactive ketones (excluding diaryl/α,β-unsaturated/α-hetero) is 1. The van der Waals surface area contributed by atoms with E-state index in [1.807, 2.05) is 0 Å². The van der Waals surface area contributed by atoms with Gasteiger partial charge in [0.25, 0.3) is 11.8 Å². The number of piperidine rings is 1. The lowest BCUT2D eigenvalue weighted by molar-refractivity contribution is -0.136. The molecule has 0 bridgehead atoms. The number of nitrogens with two attached hydrogens (primary N) is 1. The molecule has 2 aliphatic heterocycles. The van der Waals surface area contributed by atoms with Crippen molar-refractivity contribution in [2.45, 2.75) is 57.4 Å². The van der Waals surface area contributed by atoms with Gasteiger partial charge in [-0.2, -0.15) is 0 Å². The molecule has 1 fully saturated rings. The van der Waals surface area contributed by atoms with Crippen molar-refractivity contribution in [2.75, 3.05) is 13.2 Å². The summed E-state index contributed by atoms with van der Waals surface area (Å²) in [6, 6.07) is 3.53. The molecule has 0 saturated carbocycles. The fourth-order valence-electron chi connectivity index (χ4n) is 3.83. The number of hydrogen-bond donors (Lipinski definition) is 2. The third-order valence-corrected chi connectivity index (χ3v) is 5.48. The highest BCUT2D eigenvalue weighted by Crippen LogP contribution is 2.33. The third kappa shape index (κ3) is 5.16. The number of imide groups is 2. The highest BCUT2D eigenvalue weighted by molar-refractivity contribution is 6.24. The number of ether oxygens (including phenoxy) is 1. The van der Waals surface area contributed by atoms with E-state index >= 15 is 0 Å². The smallest absolute Gasteiger partial charge is 0.266 e. The second-order valence-corrected chi connectivity index (χ2v) is 7.76. The van der Waals surface area contributed by atoms with Crippen molar-refractivity contribution in [3.63, 3.8) is 0 Å². The molecular formula is C22H27N3O6. The third-order valence-electron chi connectivity index (χ3n) is 5.48. The Morgan fingerprint density at radius 2 is 1.81 bits per heavy atom. The summed E-state index contributed by atoms with van der Waals surface area (Å²) in [5.41, 5.74) is 5.63. The van der Waals surface area contributed by atoms with E-state index < -0.39 is 29.7 Å². The number of hydrogen-bond acceptors (Lipinski definition) is 7. The summed E-state index contributed by atoms with van der Waals surface area (Å²) in [4.78, 5) is 62.3. The average Bonchev–Trinajstić information content (AvgIpc) is 3.00. The van der Waals surface area contributed by atoms with Gasteiger partial charge in [-0.15, -0.1) is 0 Å². The number of nitrogens with zero attached hydrogens (tertiary/aromatic N) is 1. The summed E-state index contributed by atoms with van der Waals surface area (Å²) in [6.45, 7) is 0.482. The fourth-order valence-corrected chi connectivity index (χ4v) is 3.83. The van der Waals surface area contributed by atoms with Gasteiger partial charge < -0.3 is 10.5 Å². The lowest BCUT2D eigenvalue weighted by atomic mass is 10.0. The molecule has 3 rings (SSSR count). The minimum Gasteiger partial charge on any atom is -0.485 e. The topological polar surface area (TPSA) is 136 Å². The van der Waals surface area contributed by atoms with Gasteiger partial charge in [-0.05, 0) is 37.9 Å². The molecule has 166 valence electrons. The van der Waals surface area contributed by atoms with Gasteiger partial charge in [-0.25, -0.2) is 0 Å². The van der Waals surface area contributed by atoms with E-state index in [2.05, 4.69) is 5.32 Å². The molecule has 1 atom stereocenters. The molecule has 3 N–H and O–H groups in total. The Morgan fingerprint density at radius 1 is 1.06 bits per heavy atom. The number of nitrogens with one attached hydrogen (secondary N) is 1. The Bertz CT molecular complexity index is 897. The molecule has 1 aromatic rings. The second-order valence-electron chi connectivity index (χ2n) is 7.76. The lowest BCUT2D eigenvalue weighted by Gasteiger charge is -2.27. The summed E-state index contributed by atoms with van der Waals surface area (Å²) in [5.74, 6) is -2.31. The van der Waals surface area contributed by atoms with E-state index in [1.54, 1.807) is 6.07 Å². The first kappa shape index (κ1) is 22.6. The van der Waals surface area contributed by atoms with Gasteiger partial charge in [0.15, 0.2) is 5.78 Å². The van der Waals surface area contributed by atoms with Crippen LogP contribution in [0.2, 0.25) is 0 Å². The number of fused-ring (bicyclic) bond motifs is 1. The molecule has 2 heterocycles. The Labute approximate surface area is 180 Å². The van der Waals surface area contributed by atoms with E-state index in [1.165, 1.54) is 12.1 Å². The highest BCUT2D eigenvalue weighted by Gasteiger charge is 2.46. The minimum atomic E-state index is -1.04. The molecule has 1 aromatic carbocycles. The first-order chi connectivity index (χ1) is 14.9. The van der Waals surface area contributed by atoms with E-state index in [9.17, 15) is 24.0 Å². The summed E-state index contributed by atoms with van der Waals surface area (Å²) in [6.07, 6.45) is 5.29. The van der Waals surface area contributed by atoms with Gasteiger partial charge in [-0.3, -0.25) is 34.2 Å². The highest BCUT2D eigenvalue weighted by atomic mass is 16.5. The molecule has 0 spiro atoms. The summed E-state index contributed by atoms with van der Waals surface area (Å²) in [7, 11) is 0. The first-order valence-electron chi connectivity index (χ1n) is 10.6. The van der Waals surface area contributed by atoms with Gasteiger partial charge in [0, 0.05) is 12.8 Å². The predicted octanol–water partition coefficient (Wildman–Crippen LogP) is 1.33. The molecule has 2 aliphatic rings. The molecule has 0 aromatic heterocycles. The number of carbonyl (C=O) groups excluding carboxylic acids is 5. The number of carbonyl (C=O) groups is 5. The van der Waals surface area contributed by atoms with Crippen LogP contribution in [-0.2, 0) is 14.4 Å². The van der Waals surface area contributed by atoms with Gasteiger partial charge in [0.2, 0.25) is 11.8 Å². The van der Waals surface area contributed by atoms with Crippen LogP contribution in [0, 0.1) is 0 Å². The minimum absolute atomic E-state index is 0.0479. The number of benzene rings is 1. The van der Waals surface area contributed by atoms with Gasteiger partial charge in [0.1, 0.15) is 18.4 Å². The Balaban J connectivity index is 1.61. The van der Waals surface area contributed by atoms with Crippen molar-refractivity contribution < 1.29 is 28.7 Å². The lowest BCUT2D eigenvalue weighted by Crippen LogP contribution is -2.54. The quantitative estimate of drug-likeness (QED) is 0.400. The van der Waals surface area contributed by atoms with Crippen molar-refractivity contribution in [2.24, 2.45) is 5.73 Å². The maximum Gasteiger partial charge on any atom is 0.266 e.